The monoisotopic (exact) mass is 480 g/mol. The van der Waals surface area contributed by atoms with Gasteiger partial charge in [-0.1, -0.05) is 0 Å². The number of alkyl halides is 6. The lowest BCUT2D eigenvalue weighted by molar-refractivity contribution is -0.143. The maximum atomic E-state index is 13.0. The fourth-order valence-corrected chi connectivity index (χ4v) is 3.13. The summed E-state index contributed by atoms with van der Waals surface area (Å²) in [6, 6.07) is 2.40. The summed E-state index contributed by atoms with van der Waals surface area (Å²) in [5.41, 5.74) is -2.92. The highest BCUT2D eigenvalue weighted by Gasteiger charge is 2.37. The molecule has 1 aromatic carbocycles. The molecular formula is C19H18F6N4O4. The summed E-state index contributed by atoms with van der Waals surface area (Å²) in [7, 11) is 0. The van der Waals surface area contributed by atoms with Crippen LogP contribution in [0.15, 0.2) is 24.3 Å². The van der Waals surface area contributed by atoms with Gasteiger partial charge < -0.3 is 20.1 Å². The molecule has 0 bridgehead atoms. The predicted molar refractivity (Wildman–Crippen MR) is 98.7 cm³/mol. The smallest absolute Gasteiger partial charge is 0.416 e. The maximum Gasteiger partial charge on any atom is 0.416 e. The largest absolute Gasteiger partial charge is 0.445 e. The van der Waals surface area contributed by atoms with E-state index in [9.17, 15) is 35.9 Å². The van der Waals surface area contributed by atoms with Gasteiger partial charge in [0.05, 0.1) is 36.5 Å². The average Bonchev–Trinajstić information content (AvgIpc) is 3.18. The Labute approximate surface area is 182 Å². The van der Waals surface area contributed by atoms with Gasteiger partial charge in [0.25, 0.3) is 5.91 Å². The molecule has 2 amide bonds. The van der Waals surface area contributed by atoms with Crippen LogP contribution < -0.4 is 5.32 Å². The molecule has 3 rings (SSSR count). The maximum absolute atomic E-state index is 13.0. The van der Waals surface area contributed by atoms with Gasteiger partial charge in [0.15, 0.2) is 5.69 Å². The standard InChI is InChI=1S/C19H18F6N4O4/c20-18(21,22)12-5-11(6-13(7-12)19(23,24)25)10-33-17(32)28-2-3-29-14(9-28)8-15(27-29)16(31)26-1-4-30/h5-8,30H,1-4,9-10H2,(H,26,31). The molecule has 0 saturated carbocycles. The number of hydrogen-bond acceptors (Lipinski definition) is 5. The first kappa shape index (κ1) is 24.4. The molecule has 8 nitrogen and oxygen atoms in total. The Balaban J connectivity index is 1.67. The summed E-state index contributed by atoms with van der Waals surface area (Å²) in [4.78, 5) is 25.5. The van der Waals surface area contributed by atoms with E-state index in [0.717, 1.165) is 0 Å². The summed E-state index contributed by atoms with van der Waals surface area (Å²) >= 11 is 0. The Morgan fingerprint density at radius 2 is 1.67 bits per heavy atom. The zero-order valence-electron chi connectivity index (χ0n) is 16.8. The SMILES string of the molecule is O=C(NCCO)c1cc2n(n1)CCN(C(=O)OCc1cc(C(F)(F)F)cc(C(F)(F)F)c1)C2. The normalized spacial score (nSPS) is 14.1. The molecule has 180 valence electrons. The van der Waals surface area contributed by atoms with Gasteiger partial charge in [-0.2, -0.15) is 31.4 Å². The van der Waals surface area contributed by atoms with E-state index >= 15 is 0 Å². The fraction of sp³-hybridized carbons (Fsp3) is 0.421. The molecule has 14 heteroatoms. The van der Waals surface area contributed by atoms with Crippen molar-refractivity contribution < 1.29 is 45.8 Å². The number of nitrogens with zero attached hydrogens (tertiary/aromatic N) is 3. The Hall–Kier alpha value is -3.29. The van der Waals surface area contributed by atoms with Crippen molar-refractivity contribution in [2.75, 3.05) is 19.7 Å². The van der Waals surface area contributed by atoms with Crippen molar-refractivity contribution in [2.45, 2.75) is 32.0 Å². The number of nitrogens with one attached hydrogen (secondary N) is 1. The number of aromatic nitrogens is 2. The summed E-state index contributed by atoms with van der Waals surface area (Å²) in [5, 5.41) is 15.3. The van der Waals surface area contributed by atoms with Gasteiger partial charge in [-0.15, -0.1) is 0 Å². The van der Waals surface area contributed by atoms with Crippen LogP contribution in [0.4, 0.5) is 31.1 Å². The molecule has 0 radical (unpaired) electrons. The number of ether oxygens (including phenoxy) is 1. The minimum absolute atomic E-state index is 0.00853. The molecule has 2 heterocycles. The van der Waals surface area contributed by atoms with Crippen molar-refractivity contribution in [1.82, 2.24) is 20.0 Å². The van der Waals surface area contributed by atoms with Crippen LogP contribution in [0.1, 0.15) is 32.9 Å². The van der Waals surface area contributed by atoms with Gasteiger partial charge in [-0.05, 0) is 29.8 Å². The molecule has 2 N–H and O–H groups in total. The fourth-order valence-electron chi connectivity index (χ4n) is 3.13. The number of aliphatic hydroxyl groups is 1. The molecule has 0 unspecified atom stereocenters. The van der Waals surface area contributed by atoms with E-state index in [1.165, 1.54) is 15.6 Å². The Morgan fingerprint density at radius 3 is 2.24 bits per heavy atom. The van der Waals surface area contributed by atoms with Crippen LogP contribution in [0, 0.1) is 0 Å². The third kappa shape index (κ3) is 5.94. The molecule has 0 fully saturated rings. The minimum Gasteiger partial charge on any atom is -0.445 e. The number of carbonyl (C=O) groups is 2. The molecule has 1 aliphatic heterocycles. The van der Waals surface area contributed by atoms with Crippen molar-refractivity contribution in [3.05, 3.63) is 52.3 Å². The topological polar surface area (TPSA) is 96.7 Å². The Bertz CT molecular complexity index is 1000. The highest BCUT2D eigenvalue weighted by atomic mass is 19.4. The van der Waals surface area contributed by atoms with Crippen molar-refractivity contribution in [2.24, 2.45) is 0 Å². The Kier molecular flexibility index (Phi) is 6.86. The second-order valence-electron chi connectivity index (χ2n) is 7.11. The number of fused-ring (bicyclic) bond motifs is 1. The molecule has 2 aromatic rings. The number of aliphatic hydroxyl groups excluding tert-OH is 1. The summed E-state index contributed by atoms with van der Waals surface area (Å²) in [6.45, 7) is -0.757. The molecule has 0 aliphatic carbocycles. The lowest BCUT2D eigenvalue weighted by Gasteiger charge is -2.27. The van der Waals surface area contributed by atoms with Gasteiger partial charge in [-0.3, -0.25) is 9.48 Å². The van der Waals surface area contributed by atoms with Crippen LogP contribution in [-0.4, -0.2) is 51.5 Å². The van der Waals surface area contributed by atoms with Gasteiger partial charge in [0.2, 0.25) is 0 Å². The lowest BCUT2D eigenvalue weighted by atomic mass is 10.1. The lowest BCUT2D eigenvalue weighted by Crippen LogP contribution is -2.38. The van der Waals surface area contributed by atoms with E-state index < -0.39 is 47.7 Å². The first-order chi connectivity index (χ1) is 15.4. The highest BCUT2D eigenvalue weighted by molar-refractivity contribution is 5.92. The van der Waals surface area contributed by atoms with E-state index in [-0.39, 0.29) is 44.5 Å². The van der Waals surface area contributed by atoms with Crippen LogP contribution in [0.2, 0.25) is 0 Å². The first-order valence-corrected chi connectivity index (χ1v) is 9.54. The third-order valence-corrected chi connectivity index (χ3v) is 4.70. The van der Waals surface area contributed by atoms with Crippen molar-refractivity contribution in [3.8, 4) is 0 Å². The summed E-state index contributed by atoms with van der Waals surface area (Å²) in [5.74, 6) is -0.523. The summed E-state index contributed by atoms with van der Waals surface area (Å²) in [6.07, 6.45) is -11.0. The second kappa shape index (κ2) is 9.29. The third-order valence-electron chi connectivity index (χ3n) is 4.70. The van der Waals surface area contributed by atoms with Gasteiger partial charge >= 0.3 is 18.4 Å². The van der Waals surface area contributed by atoms with Crippen molar-refractivity contribution in [1.29, 1.82) is 0 Å². The average molecular weight is 480 g/mol. The quantitative estimate of drug-likeness (QED) is 0.642. The number of rotatable bonds is 5. The Morgan fingerprint density at radius 1 is 1.03 bits per heavy atom. The summed E-state index contributed by atoms with van der Waals surface area (Å²) < 4.78 is 84.2. The minimum atomic E-state index is -5.01. The first-order valence-electron chi connectivity index (χ1n) is 9.54. The number of hydrogen-bond donors (Lipinski definition) is 2. The number of carbonyl (C=O) groups excluding carboxylic acids is 2. The molecular weight excluding hydrogens is 462 g/mol. The van der Waals surface area contributed by atoms with Gasteiger partial charge in [0.1, 0.15) is 6.61 Å². The number of amides is 2. The van der Waals surface area contributed by atoms with E-state index in [1.54, 1.807) is 0 Å². The zero-order valence-corrected chi connectivity index (χ0v) is 16.8. The number of halogens is 6. The van der Waals surface area contributed by atoms with E-state index in [1.807, 2.05) is 0 Å². The van der Waals surface area contributed by atoms with E-state index in [2.05, 4.69) is 10.4 Å². The molecule has 1 aliphatic rings. The van der Waals surface area contributed by atoms with E-state index in [4.69, 9.17) is 9.84 Å². The molecule has 0 spiro atoms. The van der Waals surface area contributed by atoms with Gasteiger partial charge in [-0.25, -0.2) is 4.79 Å². The van der Waals surface area contributed by atoms with E-state index in [0.29, 0.717) is 17.8 Å². The van der Waals surface area contributed by atoms with Crippen LogP contribution >= 0.6 is 0 Å². The number of benzene rings is 1. The highest BCUT2D eigenvalue weighted by Crippen LogP contribution is 2.36. The molecule has 0 atom stereocenters. The second-order valence-corrected chi connectivity index (χ2v) is 7.11. The van der Waals surface area contributed by atoms with Crippen LogP contribution in [-0.2, 0) is 36.8 Å². The molecule has 0 saturated heterocycles. The van der Waals surface area contributed by atoms with Crippen LogP contribution in [0.25, 0.3) is 0 Å². The molecule has 33 heavy (non-hydrogen) atoms. The van der Waals surface area contributed by atoms with Crippen molar-refractivity contribution >= 4 is 12.0 Å². The van der Waals surface area contributed by atoms with Crippen LogP contribution in [0.5, 0.6) is 0 Å². The zero-order chi connectivity index (χ0) is 24.4. The van der Waals surface area contributed by atoms with Gasteiger partial charge in [0, 0.05) is 13.1 Å². The predicted octanol–water partition coefficient (Wildman–Crippen LogP) is 2.80. The van der Waals surface area contributed by atoms with Crippen molar-refractivity contribution in [3.63, 3.8) is 0 Å². The molecule has 1 aromatic heterocycles. The van der Waals surface area contributed by atoms with Crippen LogP contribution in [0.3, 0.4) is 0 Å².